The molecule has 1 amide bonds. The van der Waals surface area contributed by atoms with E-state index in [-0.39, 0.29) is 12.2 Å². The van der Waals surface area contributed by atoms with Gasteiger partial charge in [0.1, 0.15) is 23.5 Å². The summed E-state index contributed by atoms with van der Waals surface area (Å²) in [6.07, 6.45) is 1.80. The summed E-state index contributed by atoms with van der Waals surface area (Å²) in [5, 5.41) is 13.2. The minimum Gasteiger partial charge on any atom is -0.487 e. The van der Waals surface area contributed by atoms with Crippen molar-refractivity contribution in [3.05, 3.63) is 60.3 Å². The number of amides is 1. The van der Waals surface area contributed by atoms with Gasteiger partial charge in [-0.15, -0.1) is 0 Å². The Balaban J connectivity index is 1.06. The summed E-state index contributed by atoms with van der Waals surface area (Å²) in [6.45, 7) is 12.4. The highest BCUT2D eigenvalue weighted by molar-refractivity contribution is 5.69. The molecule has 44 heavy (non-hydrogen) atoms. The lowest BCUT2D eigenvalue weighted by molar-refractivity contribution is -0.0660. The summed E-state index contributed by atoms with van der Waals surface area (Å²) < 4.78 is 17.0. The SMILES string of the molecule is CC(C)(C)OC(=O)N1CCC(Oc2ccc(-c3ccnc(Nc4ccc(N5CCN(C6COC6)CC5)cc4)n3)cc2C#N)C1. The van der Waals surface area contributed by atoms with Gasteiger partial charge in [-0.3, -0.25) is 4.90 Å². The predicted molar refractivity (Wildman–Crippen MR) is 167 cm³/mol. The molecule has 3 aliphatic rings. The zero-order chi connectivity index (χ0) is 30.7. The van der Waals surface area contributed by atoms with Crippen LogP contribution in [0.25, 0.3) is 11.3 Å². The molecule has 0 aliphatic carbocycles. The maximum atomic E-state index is 12.4. The Morgan fingerprint density at radius 2 is 1.82 bits per heavy atom. The van der Waals surface area contributed by atoms with Crippen LogP contribution in [-0.4, -0.2) is 96.1 Å². The maximum absolute atomic E-state index is 12.4. The summed E-state index contributed by atoms with van der Waals surface area (Å²) >= 11 is 0. The van der Waals surface area contributed by atoms with Crippen LogP contribution >= 0.6 is 0 Å². The molecule has 1 N–H and O–H groups in total. The van der Waals surface area contributed by atoms with E-state index < -0.39 is 5.60 Å². The second kappa shape index (κ2) is 12.7. The largest absolute Gasteiger partial charge is 0.487 e. The van der Waals surface area contributed by atoms with Crippen LogP contribution in [0.2, 0.25) is 0 Å². The van der Waals surface area contributed by atoms with Gasteiger partial charge in [0.25, 0.3) is 0 Å². The van der Waals surface area contributed by atoms with Gasteiger partial charge in [0, 0.05) is 62.3 Å². The summed E-state index contributed by atoms with van der Waals surface area (Å²) in [5.41, 5.74) is 3.43. The number of carbonyl (C=O) groups excluding carboxylic acids is 1. The molecular formula is C33H39N7O4. The van der Waals surface area contributed by atoms with Crippen LogP contribution < -0.4 is 15.0 Å². The second-order valence-electron chi connectivity index (χ2n) is 12.4. The zero-order valence-electron chi connectivity index (χ0n) is 25.5. The Morgan fingerprint density at radius 1 is 1.05 bits per heavy atom. The lowest BCUT2D eigenvalue weighted by atomic mass is 10.1. The number of likely N-dealkylation sites (tertiary alicyclic amines) is 1. The van der Waals surface area contributed by atoms with E-state index in [1.54, 1.807) is 23.2 Å². The normalized spacial score (nSPS) is 19.3. The molecule has 3 aromatic rings. The van der Waals surface area contributed by atoms with Crippen molar-refractivity contribution >= 4 is 23.4 Å². The van der Waals surface area contributed by atoms with Gasteiger partial charge >= 0.3 is 6.09 Å². The number of piperazine rings is 1. The van der Waals surface area contributed by atoms with Gasteiger partial charge in [-0.25, -0.2) is 14.8 Å². The summed E-state index contributed by atoms with van der Waals surface area (Å²) in [4.78, 5) is 28.1. The number of nitrogens with zero attached hydrogens (tertiary/aromatic N) is 6. The highest BCUT2D eigenvalue weighted by atomic mass is 16.6. The molecule has 3 fully saturated rings. The van der Waals surface area contributed by atoms with Crippen molar-refractivity contribution in [3.8, 4) is 23.1 Å². The molecular weight excluding hydrogens is 558 g/mol. The Bertz CT molecular complexity index is 1510. The highest BCUT2D eigenvalue weighted by Gasteiger charge is 2.31. The molecule has 0 radical (unpaired) electrons. The van der Waals surface area contributed by atoms with E-state index in [4.69, 9.17) is 19.2 Å². The summed E-state index contributed by atoms with van der Waals surface area (Å²) in [6, 6.07) is 18.4. The topological polar surface area (TPSA) is 116 Å². The van der Waals surface area contributed by atoms with Gasteiger partial charge in [-0.05, 0) is 69.3 Å². The van der Waals surface area contributed by atoms with Gasteiger partial charge < -0.3 is 29.3 Å². The first-order valence-electron chi connectivity index (χ1n) is 15.2. The first-order valence-corrected chi connectivity index (χ1v) is 15.2. The van der Waals surface area contributed by atoms with E-state index in [0.717, 1.165) is 50.6 Å². The van der Waals surface area contributed by atoms with Crippen molar-refractivity contribution in [1.82, 2.24) is 19.8 Å². The van der Waals surface area contributed by atoms with Crippen LogP contribution in [0.15, 0.2) is 54.7 Å². The fourth-order valence-electron chi connectivity index (χ4n) is 5.62. The van der Waals surface area contributed by atoms with Gasteiger partial charge in [0.15, 0.2) is 0 Å². The van der Waals surface area contributed by atoms with Crippen LogP contribution in [0.5, 0.6) is 5.75 Å². The molecule has 0 bridgehead atoms. The molecule has 11 heteroatoms. The summed E-state index contributed by atoms with van der Waals surface area (Å²) in [7, 11) is 0. The number of nitriles is 1. The molecule has 4 heterocycles. The van der Waals surface area contributed by atoms with Gasteiger partial charge in [0.2, 0.25) is 5.95 Å². The Morgan fingerprint density at radius 3 is 2.50 bits per heavy atom. The zero-order valence-corrected chi connectivity index (χ0v) is 25.5. The number of ether oxygens (including phenoxy) is 3. The third-order valence-electron chi connectivity index (χ3n) is 8.08. The van der Waals surface area contributed by atoms with E-state index in [9.17, 15) is 10.1 Å². The standard InChI is InChI=1S/C33H39N7O4/c1-33(2,3)44-32(41)40-13-11-28(20-40)43-30-9-4-23(18-24(30)19-34)29-10-12-35-31(37-29)36-25-5-7-26(8-6-25)38-14-16-39(17-15-38)27-21-42-22-27/h4-10,12,18,27-28H,11,13-17,20-22H2,1-3H3,(H,35,36,37). The minimum absolute atomic E-state index is 0.214. The first kappa shape index (κ1) is 29.7. The van der Waals surface area contributed by atoms with Gasteiger partial charge in [-0.2, -0.15) is 5.26 Å². The lowest BCUT2D eigenvalue weighted by Crippen LogP contribution is -2.56. The number of aromatic nitrogens is 2. The van der Waals surface area contributed by atoms with Crippen molar-refractivity contribution in [2.24, 2.45) is 0 Å². The molecule has 1 atom stereocenters. The molecule has 0 saturated carbocycles. The van der Waals surface area contributed by atoms with Crippen LogP contribution in [-0.2, 0) is 9.47 Å². The van der Waals surface area contributed by atoms with Crippen molar-refractivity contribution in [2.75, 3.05) is 62.7 Å². The average Bonchev–Trinajstić information content (AvgIpc) is 3.46. The third kappa shape index (κ3) is 7.04. The third-order valence-corrected chi connectivity index (χ3v) is 8.08. The maximum Gasteiger partial charge on any atom is 0.410 e. The molecule has 3 aliphatic heterocycles. The summed E-state index contributed by atoms with van der Waals surface area (Å²) in [5.74, 6) is 0.955. The van der Waals surface area contributed by atoms with Crippen LogP contribution in [0, 0.1) is 11.3 Å². The fraction of sp³-hybridized carbons (Fsp3) is 0.455. The number of hydrogen-bond donors (Lipinski definition) is 1. The van der Waals surface area contributed by atoms with Gasteiger partial charge in [-0.1, -0.05) is 0 Å². The number of nitrogens with one attached hydrogen (secondary N) is 1. The van der Waals surface area contributed by atoms with Crippen molar-refractivity contribution in [3.63, 3.8) is 0 Å². The van der Waals surface area contributed by atoms with E-state index in [2.05, 4.69) is 38.3 Å². The highest BCUT2D eigenvalue weighted by Crippen LogP contribution is 2.29. The molecule has 1 unspecified atom stereocenters. The van der Waals surface area contributed by atoms with Crippen LogP contribution in [0.4, 0.5) is 22.1 Å². The van der Waals surface area contributed by atoms with Crippen molar-refractivity contribution in [2.45, 2.75) is 44.9 Å². The first-order chi connectivity index (χ1) is 21.2. The molecule has 2 aromatic carbocycles. The number of carbonyl (C=O) groups is 1. The van der Waals surface area contributed by atoms with Gasteiger partial charge in [0.05, 0.1) is 37.1 Å². The number of anilines is 3. The van der Waals surface area contributed by atoms with E-state index in [1.807, 2.05) is 45.0 Å². The smallest absolute Gasteiger partial charge is 0.410 e. The van der Waals surface area contributed by atoms with Crippen LogP contribution in [0.3, 0.4) is 0 Å². The number of benzene rings is 2. The Hall–Kier alpha value is -4.40. The molecule has 6 rings (SSSR count). The Labute approximate surface area is 258 Å². The monoisotopic (exact) mass is 597 g/mol. The average molecular weight is 598 g/mol. The lowest BCUT2D eigenvalue weighted by Gasteiger charge is -2.43. The molecule has 11 nitrogen and oxygen atoms in total. The fourth-order valence-corrected chi connectivity index (χ4v) is 5.62. The number of rotatable bonds is 7. The van der Waals surface area contributed by atoms with Crippen molar-refractivity contribution in [1.29, 1.82) is 5.26 Å². The number of hydrogen-bond acceptors (Lipinski definition) is 10. The van der Waals surface area contributed by atoms with E-state index in [0.29, 0.717) is 48.5 Å². The molecule has 3 saturated heterocycles. The van der Waals surface area contributed by atoms with E-state index in [1.165, 1.54) is 5.69 Å². The molecule has 230 valence electrons. The van der Waals surface area contributed by atoms with Crippen molar-refractivity contribution < 1.29 is 19.0 Å². The second-order valence-corrected chi connectivity index (χ2v) is 12.4. The predicted octanol–water partition coefficient (Wildman–Crippen LogP) is 4.67. The Kier molecular flexibility index (Phi) is 8.55. The quantitative estimate of drug-likeness (QED) is 0.412. The molecule has 0 spiro atoms. The van der Waals surface area contributed by atoms with Crippen LogP contribution in [0.1, 0.15) is 32.8 Å². The minimum atomic E-state index is -0.553. The van der Waals surface area contributed by atoms with E-state index >= 15 is 0 Å². The molecule has 1 aromatic heterocycles.